The number of carboxylic acids is 1. The van der Waals surface area contributed by atoms with Crippen molar-refractivity contribution in [1.82, 2.24) is 14.7 Å². The molecule has 0 aliphatic carbocycles. The second-order valence-electron chi connectivity index (χ2n) is 6.10. The molecule has 0 spiro atoms. The van der Waals surface area contributed by atoms with Crippen LogP contribution in [0.15, 0.2) is 0 Å². The molecule has 0 aromatic rings. The molecule has 2 aliphatic heterocycles. The van der Waals surface area contributed by atoms with E-state index in [1.54, 1.807) is 9.80 Å². The summed E-state index contributed by atoms with van der Waals surface area (Å²) in [6, 6.07) is 0. The van der Waals surface area contributed by atoms with Crippen LogP contribution in [0.25, 0.3) is 0 Å². The quantitative estimate of drug-likeness (QED) is 0.341. The van der Waals surface area contributed by atoms with Gasteiger partial charge in [0.05, 0.1) is 32.6 Å². The Hall–Kier alpha value is -2.37. The Balaban J connectivity index is 1.83. The molecule has 0 radical (unpaired) electrons. The van der Waals surface area contributed by atoms with Crippen molar-refractivity contribution in [2.75, 3.05) is 58.9 Å². The van der Waals surface area contributed by atoms with Crippen LogP contribution in [-0.2, 0) is 33.4 Å². The second kappa shape index (κ2) is 9.36. The molecule has 0 saturated carbocycles. The maximum Gasteiger partial charge on any atom is 0.327 e. The zero-order valence-electron chi connectivity index (χ0n) is 14.2. The van der Waals surface area contributed by atoms with Gasteiger partial charge in [0.1, 0.15) is 0 Å². The molecule has 26 heavy (non-hydrogen) atoms. The molecule has 0 unspecified atom stereocenters. The molecule has 2 heterocycles. The third-order valence-electron chi connectivity index (χ3n) is 3.97. The molecule has 11 heteroatoms. The number of cyclic esters (lactones) is 4. The highest BCUT2D eigenvalue weighted by atomic mass is 16.6. The number of ether oxygens (including phenoxy) is 2. The number of aliphatic carboxylic acids is 1. The molecule has 0 atom stereocenters. The minimum atomic E-state index is -0.941. The summed E-state index contributed by atoms with van der Waals surface area (Å²) < 4.78 is 8.91. The maximum atomic E-state index is 11.3. The third-order valence-corrected chi connectivity index (χ3v) is 3.97. The van der Waals surface area contributed by atoms with E-state index in [4.69, 9.17) is 5.11 Å². The van der Waals surface area contributed by atoms with Crippen molar-refractivity contribution in [1.29, 1.82) is 0 Å². The van der Waals surface area contributed by atoms with Crippen LogP contribution >= 0.6 is 0 Å². The van der Waals surface area contributed by atoms with Gasteiger partial charge < -0.3 is 19.5 Å². The zero-order chi connectivity index (χ0) is 19.1. The van der Waals surface area contributed by atoms with Gasteiger partial charge in [-0.1, -0.05) is 0 Å². The number of hydrogen-bond donors (Lipinski definition) is 1. The fourth-order valence-corrected chi connectivity index (χ4v) is 2.70. The van der Waals surface area contributed by atoms with Crippen molar-refractivity contribution < 1.29 is 38.6 Å². The molecule has 2 saturated heterocycles. The lowest BCUT2D eigenvalue weighted by molar-refractivity contribution is -0.168. The van der Waals surface area contributed by atoms with Crippen LogP contribution in [0.5, 0.6) is 0 Å². The van der Waals surface area contributed by atoms with Crippen LogP contribution in [0.1, 0.15) is 6.42 Å². The van der Waals surface area contributed by atoms with Gasteiger partial charge in [-0.05, 0) is 0 Å². The first-order valence-electron chi connectivity index (χ1n) is 8.17. The van der Waals surface area contributed by atoms with Crippen molar-refractivity contribution >= 4 is 29.8 Å². The summed E-state index contributed by atoms with van der Waals surface area (Å²) >= 11 is 0. The first-order chi connectivity index (χ1) is 12.3. The van der Waals surface area contributed by atoms with Crippen molar-refractivity contribution in [3.8, 4) is 0 Å². The molecule has 2 rings (SSSR count). The van der Waals surface area contributed by atoms with Crippen molar-refractivity contribution in [3.63, 3.8) is 0 Å². The topological polar surface area (TPSA) is 134 Å². The van der Waals surface area contributed by atoms with Gasteiger partial charge in [0.2, 0.25) is 0 Å². The van der Waals surface area contributed by atoms with Crippen molar-refractivity contribution in [2.45, 2.75) is 6.42 Å². The summed E-state index contributed by atoms with van der Waals surface area (Å²) in [5.74, 6) is -3.37. The first-order valence-corrected chi connectivity index (χ1v) is 8.17. The molecule has 144 valence electrons. The van der Waals surface area contributed by atoms with Gasteiger partial charge in [0.15, 0.2) is 0 Å². The first kappa shape index (κ1) is 19.9. The number of carbonyl (C=O) groups excluding carboxylic acids is 4. The molecule has 2 aliphatic rings. The summed E-state index contributed by atoms with van der Waals surface area (Å²) in [5.41, 5.74) is 0. The minimum absolute atomic E-state index is 0.00494. The average Bonchev–Trinajstić information content (AvgIpc) is 2.52. The number of rotatable bonds is 9. The van der Waals surface area contributed by atoms with E-state index in [2.05, 4.69) is 9.47 Å². The molecule has 2 fully saturated rings. The third kappa shape index (κ3) is 6.86. The number of morpholine rings is 2. The van der Waals surface area contributed by atoms with E-state index in [1.165, 1.54) is 0 Å². The Morgan fingerprint density at radius 3 is 1.54 bits per heavy atom. The maximum absolute atomic E-state index is 11.3. The predicted molar refractivity (Wildman–Crippen MR) is 83.8 cm³/mol. The van der Waals surface area contributed by atoms with Gasteiger partial charge in [-0.25, -0.2) is 0 Å². The zero-order valence-corrected chi connectivity index (χ0v) is 14.2. The molecule has 1 N–H and O–H groups in total. The predicted octanol–water partition coefficient (Wildman–Crippen LogP) is -2.47. The summed E-state index contributed by atoms with van der Waals surface area (Å²) in [4.78, 5) is 61.1. The molecule has 0 amide bonds. The summed E-state index contributed by atoms with van der Waals surface area (Å²) in [6.07, 6.45) is -0.0675. The van der Waals surface area contributed by atoms with E-state index < -0.39 is 29.8 Å². The molecular weight excluding hydrogens is 350 g/mol. The molecule has 0 bridgehead atoms. The fraction of sp³-hybridized carbons (Fsp3) is 0.667. The van der Waals surface area contributed by atoms with Gasteiger partial charge in [-0.2, -0.15) is 0 Å². The minimum Gasteiger partial charge on any atom is -0.481 e. The normalized spacial score (nSPS) is 19.6. The molecule has 0 aromatic heterocycles. The Morgan fingerprint density at radius 1 is 0.808 bits per heavy atom. The van der Waals surface area contributed by atoms with Crippen molar-refractivity contribution in [2.24, 2.45) is 0 Å². The summed E-state index contributed by atoms with van der Waals surface area (Å²) in [7, 11) is 0. The SMILES string of the molecule is O=C(O)CCN(CCN1CC(=O)OC(=O)C1)CCN1CC(=O)OC(=O)C1. The van der Waals surface area contributed by atoms with E-state index in [-0.39, 0.29) is 39.1 Å². The molecule has 0 aromatic carbocycles. The van der Waals surface area contributed by atoms with Crippen LogP contribution in [0.4, 0.5) is 0 Å². The number of esters is 4. The Morgan fingerprint density at radius 2 is 1.19 bits per heavy atom. The Bertz CT molecular complexity index is 519. The highest BCUT2D eigenvalue weighted by Crippen LogP contribution is 2.04. The van der Waals surface area contributed by atoms with E-state index in [1.807, 2.05) is 4.90 Å². The van der Waals surface area contributed by atoms with E-state index in [9.17, 15) is 24.0 Å². The lowest BCUT2D eigenvalue weighted by Gasteiger charge is -2.30. The monoisotopic (exact) mass is 371 g/mol. The smallest absolute Gasteiger partial charge is 0.327 e. The number of nitrogens with zero attached hydrogens (tertiary/aromatic N) is 3. The standard InChI is InChI=1S/C15H21N3O8/c19-11(20)1-2-16(3-5-17-7-12(21)25-13(22)8-17)4-6-18-9-14(23)26-15(24)10-18/h1-10H2,(H,19,20). The van der Waals surface area contributed by atoms with E-state index in [0.29, 0.717) is 26.2 Å². The molecular formula is C15H21N3O8. The van der Waals surface area contributed by atoms with Gasteiger partial charge in [-0.15, -0.1) is 0 Å². The summed E-state index contributed by atoms with van der Waals surface area (Å²) in [6.45, 7) is 1.93. The molecule has 11 nitrogen and oxygen atoms in total. The van der Waals surface area contributed by atoms with E-state index >= 15 is 0 Å². The van der Waals surface area contributed by atoms with Crippen molar-refractivity contribution in [3.05, 3.63) is 0 Å². The second-order valence-corrected chi connectivity index (χ2v) is 6.10. The van der Waals surface area contributed by atoms with Crippen LogP contribution in [0.3, 0.4) is 0 Å². The van der Waals surface area contributed by atoms with Gasteiger partial charge in [-0.3, -0.25) is 33.8 Å². The summed E-state index contributed by atoms with van der Waals surface area (Å²) in [5, 5.41) is 8.88. The van der Waals surface area contributed by atoms with Gasteiger partial charge in [0.25, 0.3) is 0 Å². The lowest BCUT2D eigenvalue weighted by atomic mass is 10.3. The number of carboxylic acid groups (broad SMARTS) is 1. The average molecular weight is 371 g/mol. The van der Waals surface area contributed by atoms with Gasteiger partial charge in [0, 0.05) is 32.7 Å². The number of carbonyl (C=O) groups is 5. The van der Waals surface area contributed by atoms with E-state index in [0.717, 1.165) is 0 Å². The number of hydrogen-bond acceptors (Lipinski definition) is 10. The van der Waals surface area contributed by atoms with Gasteiger partial charge >= 0.3 is 29.8 Å². The largest absolute Gasteiger partial charge is 0.481 e. The van der Waals surface area contributed by atoms with Crippen LogP contribution in [0.2, 0.25) is 0 Å². The Kier molecular flexibility index (Phi) is 7.18. The Labute approximate surface area is 149 Å². The fourth-order valence-electron chi connectivity index (χ4n) is 2.70. The van der Waals surface area contributed by atoms with Crippen LogP contribution < -0.4 is 0 Å². The van der Waals surface area contributed by atoms with Crippen LogP contribution in [0, 0.1) is 0 Å². The highest BCUT2D eigenvalue weighted by Gasteiger charge is 2.26. The lowest BCUT2D eigenvalue weighted by Crippen LogP contribution is -2.48. The van der Waals surface area contributed by atoms with Crippen LogP contribution in [-0.4, -0.2) is 109 Å². The highest BCUT2D eigenvalue weighted by molar-refractivity contribution is 5.90.